The van der Waals surface area contributed by atoms with E-state index in [0.29, 0.717) is 22.4 Å². The van der Waals surface area contributed by atoms with Crippen molar-refractivity contribution in [3.8, 4) is 11.1 Å². The van der Waals surface area contributed by atoms with Crippen LogP contribution >= 0.6 is 0 Å². The van der Waals surface area contributed by atoms with Crippen LogP contribution in [0.15, 0.2) is 36.4 Å². The van der Waals surface area contributed by atoms with Crippen molar-refractivity contribution >= 4 is 22.0 Å². The van der Waals surface area contributed by atoms with E-state index in [1.54, 1.807) is 24.3 Å². The minimum Gasteiger partial charge on any atom is -0.298 e. The molecule has 24 heavy (non-hydrogen) atoms. The molecule has 0 aliphatic rings. The van der Waals surface area contributed by atoms with E-state index in [1.807, 2.05) is 13.8 Å². The molecule has 0 saturated heterocycles. The topological polar surface area (TPSA) is 54.5 Å². The van der Waals surface area contributed by atoms with Gasteiger partial charge in [0.05, 0.1) is 11.9 Å². The molecule has 0 N–H and O–H groups in total. The first-order valence-corrected chi connectivity index (χ1v) is 9.33. The summed E-state index contributed by atoms with van der Waals surface area (Å²) in [6.07, 6.45) is 1.88. The van der Waals surface area contributed by atoms with Crippen molar-refractivity contribution in [1.82, 2.24) is 0 Å². The van der Waals surface area contributed by atoms with Crippen LogP contribution in [0.3, 0.4) is 0 Å². The van der Waals surface area contributed by atoms with Gasteiger partial charge in [-0.1, -0.05) is 26.0 Å². The van der Waals surface area contributed by atoms with Crippen molar-refractivity contribution in [1.29, 1.82) is 0 Å². The van der Waals surface area contributed by atoms with E-state index in [-0.39, 0.29) is 11.7 Å². The molecule has 2 rings (SSSR count). The van der Waals surface area contributed by atoms with Gasteiger partial charge < -0.3 is 0 Å². The van der Waals surface area contributed by atoms with E-state index < -0.39 is 10.0 Å². The minimum absolute atomic E-state index is 0.0253. The molecular formula is C18H20FNO3S. The molecule has 128 valence electrons. The Labute approximate surface area is 142 Å². The van der Waals surface area contributed by atoms with Gasteiger partial charge in [-0.2, -0.15) is 0 Å². The van der Waals surface area contributed by atoms with E-state index in [1.165, 1.54) is 23.5 Å². The van der Waals surface area contributed by atoms with Crippen LogP contribution in [0, 0.1) is 5.82 Å². The number of aldehydes is 1. The number of hydrogen-bond donors (Lipinski definition) is 0. The maximum Gasteiger partial charge on any atom is 0.231 e. The fourth-order valence-electron chi connectivity index (χ4n) is 2.51. The SMILES string of the molecule is CC(C)c1cc(N(C)S(C)(=O)=O)cc(-c2ccc(F)cc2)c1C=O. The van der Waals surface area contributed by atoms with Crippen molar-refractivity contribution in [3.05, 3.63) is 53.3 Å². The Kier molecular flexibility index (Phi) is 5.08. The van der Waals surface area contributed by atoms with Crippen LogP contribution in [0.4, 0.5) is 10.1 Å². The van der Waals surface area contributed by atoms with Crippen LogP contribution in [-0.4, -0.2) is 28.0 Å². The van der Waals surface area contributed by atoms with Gasteiger partial charge in [0.1, 0.15) is 5.82 Å². The molecular weight excluding hydrogens is 329 g/mol. The number of halogens is 1. The van der Waals surface area contributed by atoms with E-state index in [9.17, 15) is 17.6 Å². The van der Waals surface area contributed by atoms with Gasteiger partial charge in [-0.25, -0.2) is 12.8 Å². The Balaban J connectivity index is 2.78. The summed E-state index contributed by atoms with van der Waals surface area (Å²) >= 11 is 0. The lowest BCUT2D eigenvalue weighted by Gasteiger charge is -2.22. The summed E-state index contributed by atoms with van der Waals surface area (Å²) in [5, 5.41) is 0. The maximum absolute atomic E-state index is 13.2. The average Bonchev–Trinajstić information content (AvgIpc) is 2.52. The molecule has 0 heterocycles. The standard InChI is InChI=1S/C18H20FNO3S/c1-12(2)16-9-15(20(3)24(4,22)23)10-17(18(16)11-21)13-5-7-14(19)8-6-13/h5-12H,1-4H3. The molecule has 0 aliphatic heterocycles. The maximum atomic E-state index is 13.2. The summed E-state index contributed by atoms with van der Waals surface area (Å²) in [5.74, 6) is -0.350. The van der Waals surface area contributed by atoms with Crippen molar-refractivity contribution < 1.29 is 17.6 Å². The van der Waals surface area contributed by atoms with Crippen LogP contribution in [0.2, 0.25) is 0 Å². The van der Waals surface area contributed by atoms with Crippen LogP contribution in [0.25, 0.3) is 11.1 Å². The highest BCUT2D eigenvalue weighted by Gasteiger charge is 2.19. The Hall–Kier alpha value is -2.21. The van der Waals surface area contributed by atoms with Gasteiger partial charge in [-0.15, -0.1) is 0 Å². The number of nitrogens with zero attached hydrogens (tertiary/aromatic N) is 1. The van der Waals surface area contributed by atoms with E-state index in [4.69, 9.17) is 0 Å². The number of anilines is 1. The van der Waals surface area contributed by atoms with Gasteiger partial charge in [-0.05, 0) is 46.9 Å². The quantitative estimate of drug-likeness (QED) is 0.771. The molecule has 0 fully saturated rings. The molecule has 2 aromatic carbocycles. The Morgan fingerprint density at radius 1 is 1.12 bits per heavy atom. The highest BCUT2D eigenvalue weighted by atomic mass is 32.2. The van der Waals surface area contributed by atoms with Gasteiger partial charge in [-0.3, -0.25) is 9.10 Å². The predicted octanol–water partition coefficient (Wildman–Crippen LogP) is 3.82. The van der Waals surface area contributed by atoms with Crippen molar-refractivity contribution in [2.24, 2.45) is 0 Å². The first-order chi connectivity index (χ1) is 11.1. The molecule has 2 aromatic rings. The first kappa shape index (κ1) is 18.1. The monoisotopic (exact) mass is 349 g/mol. The number of sulfonamides is 1. The Morgan fingerprint density at radius 2 is 1.71 bits per heavy atom. The summed E-state index contributed by atoms with van der Waals surface area (Å²) in [6, 6.07) is 9.13. The van der Waals surface area contributed by atoms with E-state index >= 15 is 0 Å². The smallest absolute Gasteiger partial charge is 0.231 e. The zero-order valence-corrected chi connectivity index (χ0v) is 14.9. The lowest BCUT2D eigenvalue weighted by molar-refractivity contribution is 0.112. The van der Waals surface area contributed by atoms with E-state index in [2.05, 4.69) is 0 Å². The third-order valence-corrected chi connectivity index (χ3v) is 5.16. The van der Waals surface area contributed by atoms with Gasteiger partial charge in [0.2, 0.25) is 10.0 Å². The lowest BCUT2D eigenvalue weighted by Crippen LogP contribution is -2.25. The van der Waals surface area contributed by atoms with E-state index in [0.717, 1.165) is 18.1 Å². The number of benzene rings is 2. The molecule has 0 atom stereocenters. The highest BCUT2D eigenvalue weighted by molar-refractivity contribution is 7.92. The molecule has 0 spiro atoms. The second-order valence-electron chi connectivity index (χ2n) is 6.01. The van der Waals surface area contributed by atoms with Crippen molar-refractivity contribution in [2.45, 2.75) is 19.8 Å². The summed E-state index contributed by atoms with van der Waals surface area (Å²) in [5.41, 5.74) is 2.94. The third kappa shape index (κ3) is 3.64. The van der Waals surface area contributed by atoms with Crippen LogP contribution in [-0.2, 0) is 10.0 Å². The van der Waals surface area contributed by atoms with Crippen LogP contribution in [0.5, 0.6) is 0 Å². The predicted molar refractivity (Wildman–Crippen MR) is 94.6 cm³/mol. The molecule has 0 saturated carbocycles. The summed E-state index contributed by atoms with van der Waals surface area (Å²) < 4.78 is 38.1. The van der Waals surface area contributed by atoms with Crippen LogP contribution < -0.4 is 4.31 Å². The number of rotatable bonds is 5. The molecule has 0 bridgehead atoms. The molecule has 6 heteroatoms. The second kappa shape index (κ2) is 6.73. The van der Waals surface area contributed by atoms with Crippen LogP contribution in [0.1, 0.15) is 35.7 Å². The third-order valence-electron chi connectivity index (χ3n) is 3.95. The normalized spacial score (nSPS) is 11.6. The Bertz CT molecular complexity index is 859. The summed E-state index contributed by atoms with van der Waals surface area (Å²) in [6.45, 7) is 3.86. The second-order valence-corrected chi connectivity index (χ2v) is 8.02. The molecule has 0 amide bonds. The van der Waals surface area contributed by atoms with Gasteiger partial charge in [0.25, 0.3) is 0 Å². The molecule has 0 aromatic heterocycles. The molecule has 0 aliphatic carbocycles. The summed E-state index contributed by atoms with van der Waals surface area (Å²) in [4.78, 5) is 11.7. The molecule has 0 radical (unpaired) electrons. The van der Waals surface area contributed by atoms with Gasteiger partial charge in [0, 0.05) is 12.6 Å². The largest absolute Gasteiger partial charge is 0.298 e. The average molecular weight is 349 g/mol. The Morgan fingerprint density at radius 3 is 2.17 bits per heavy atom. The first-order valence-electron chi connectivity index (χ1n) is 7.48. The zero-order chi connectivity index (χ0) is 18.1. The highest BCUT2D eigenvalue weighted by Crippen LogP contribution is 2.34. The zero-order valence-electron chi connectivity index (χ0n) is 14.1. The number of hydrogen-bond acceptors (Lipinski definition) is 3. The van der Waals surface area contributed by atoms with Crippen molar-refractivity contribution in [3.63, 3.8) is 0 Å². The van der Waals surface area contributed by atoms with Gasteiger partial charge in [0.15, 0.2) is 6.29 Å². The fourth-order valence-corrected chi connectivity index (χ4v) is 3.00. The number of carbonyl (C=O) groups excluding carboxylic acids is 1. The van der Waals surface area contributed by atoms with Crippen molar-refractivity contribution in [2.75, 3.05) is 17.6 Å². The lowest BCUT2D eigenvalue weighted by atomic mass is 9.90. The van der Waals surface area contributed by atoms with Gasteiger partial charge >= 0.3 is 0 Å². The minimum atomic E-state index is -3.44. The number of carbonyl (C=O) groups is 1. The fraction of sp³-hybridized carbons (Fsp3) is 0.278. The molecule has 4 nitrogen and oxygen atoms in total. The molecule has 0 unspecified atom stereocenters. The summed E-state index contributed by atoms with van der Waals surface area (Å²) in [7, 11) is -1.98.